The molecule has 1 N–H and O–H groups in total. The van der Waals surface area contributed by atoms with Gasteiger partial charge in [0, 0.05) is 23.5 Å². The third kappa shape index (κ3) is 1.61. The summed E-state index contributed by atoms with van der Waals surface area (Å²) in [5, 5.41) is 1.30. The molecule has 0 amide bonds. The molecular weight excluding hydrogens is 184 g/mol. The van der Waals surface area contributed by atoms with E-state index in [0.717, 1.165) is 6.42 Å². The minimum Gasteiger partial charge on any atom is -0.361 e. The van der Waals surface area contributed by atoms with E-state index in [1.165, 1.54) is 27.6 Å². The molecule has 0 bridgehead atoms. The Kier molecular flexibility index (Phi) is 2.47. The second-order valence-electron chi connectivity index (χ2n) is 3.88. The van der Waals surface area contributed by atoms with Gasteiger partial charge in [-0.15, -0.1) is 0 Å². The van der Waals surface area contributed by atoms with Crippen molar-refractivity contribution in [2.45, 2.75) is 20.3 Å². The maximum absolute atomic E-state index is 6.82. The molecule has 0 aliphatic carbocycles. The lowest BCUT2D eigenvalue weighted by Crippen LogP contribution is -1.88. The van der Waals surface area contributed by atoms with E-state index >= 15 is 0 Å². The van der Waals surface area contributed by atoms with E-state index in [1.807, 2.05) is 6.20 Å². The largest absolute Gasteiger partial charge is 0.361 e. The molecule has 0 aliphatic heterocycles. The Morgan fingerprint density at radius 2 is 2.13 bits per heavy atom. The first-order valence-electron chi connectivity index (χ1n) is 5.13. The minimum atomic E-state index is 0.570. The molecule has 0 radical (unpaired) electrons. The van der Waals surface area contributed by atoms with Gasteiger partial charge in [-0.05, 0) is 36.6 Å². The van der Waals surface area contributed by atoms with Crippen LogP contribution in [0.15, 0.2) is 18.3 Å². The van der Waals surface area contributed by atoms with Gasteiger partial charge in [-0.25, -0.2) is 6.57 Å². The molecule has 0 aliphatic rings. The number of aromatic amines is 1. The average Bonchev–Trinajstić information content (AvgIpc) is 2.64. The summed E-state index contributed by atoms with van der Waals surface area (Å²) in [6.07, 6.45) is 2.87. The highest BCUT2D eigenvalue weighted by molar-refractivity contribution is 5.87. The van der Waals surface area contributed by atoms with Crippen molar-refractivity contribution in [3.63, 3.8) is 0 Å². The Balaban J connectivity index is 2.57. The summed E-state index contributed by atoms with van der Waals surface area (Å²) >= 11 is 0. The first-order chi connectivity index (χ1) is 7.24. The van der Waals surface area contributed by atoms with E-state index < -0.39 is 0 Å². The number of benzene rings is 1. The van der Waals surface area contributed by atoms with E-state index in [9.17, 15) is 0 Å². The fourth-order valence-corrected chi connectivity index (χ4v) is 1.96. The highest BCUT2D eigenvalue weighted by atomic mass is 14.7. The number of nitrogens with one attached hydrogen (secondary N) is 1. The number of rotatable bonds is 2. The van der Waals surface area contributed by atoms with Gasteiger partial charge in [-0.2, -0.15) is 0 Å². The summed E-state index contributed by atoms with van der Waals surface area (Å²) in [4.78, 5) is 6.67. The third-order valence-corrected chi connectivity index (χ3v) is 2.95. The van der Waals surface area contributed by atoms with Gasteiger partial charge in [0.15, 0.2) is 0 Å². The summed E-state index contributed by atoms with van der Waals surface area (Å²) in [7, 11) is 0. The number of aromatic nitrogens is 1. The minimum absolute atomic E-state index is 0.570. The summed E-state index contributed by atoms with van der Waals surface area (Å²) in [6.45, 7) is 11.7. The van der Waals surface area contributed by atoms with E-state index in [0.29, 0.717) is 6.54 Å². The van der Waals surface area contributed by atoms with Crippen molar-refractivity contribution in [3.8, 4) is 0 Å². The van der Waals surface area contributed by atoms with E-state index in [4.69, 9.17) is 6.57 Å². The van der Waals surface area contributed by atoms with Gasteiger partial charge in [-0.3, -0.25) is 0 Å². The van der Waals surface area contributed by atoms with Crippen molar-refractivity contribution in [2.75, 3.05) is 6.54 Å². The predicted molar refractivity (Wildman–Crippen MR) is 62.9 cm³/mol. The quantitative estimate of drug-likeness (QED) is 0.715. The first kappa shape index (κ1) is 9.79. The fourth-order valence-electron chi connectivity index (χ4n) is 1.96. The molecule has 0 unspecified atom stereocenters. The lowest BCUT2D eigenvalue weighted by Gasteiger charge is -2.03. The van der Waals surface area contributed by atoms with Crippen LogP contribution in [-0.2, 0) is 6.42 Å². The molecule has 1 heterocycles. The van der Waals surface area contributed by atoms with Gasteiger partial charge in [0.2, 0.25) is 6.54 Å². The second kappa shape index (κ2) is 3.78. The molecule has 2 nitrogen and oxygen atoms in total. The lowest BCUT2D eigenvalue weighted by atomic mass is 10.0. The van der Waals surface area contributed by atoms with Crippen LogP contribution in [0.4, 0.5) is 0 Å². The Labute approximate surface area is 89.7 Å². The van der Waals surface area contributed by atoms with Gasteiger partial charge >= 0.3 is 0 Å². The van der Waals surface area contributed by atoms with Crippen molar-refractivity contribution in [1.82, 2.24) is 4.98 Å². The molecule has 15 heavy (non-hydrogen) atoms. The number of aryl methyl sites for hydroxylation is 2. The number of hydrogen-bond acceptors (Lipinski definition) is 0. The van der Waals surface area contributed by atoms with Gasteiger partial charge < -0.3 is 9.83 Å². The standard InChI is InChI=1S/C13H14N2/c1-9-4-5-12-13(10(9)2)11(8-15-12)6-7-14-3/h4-5,8,15H,6-7H2,1-2H3. The molecule has 0 saturated carbocycles. The Morgan fingerprint density at radius 1 is 1.33 bits per heavy atom. The molecule has 0 saturated heterocycles. The topological polar surface area (TPSA) is 20.1 Å². The zero-order chi connectivity index (χ0) is 10.8. The van der Waals surface area contributed by atoms with Crippen molar-refractivity contribution in [3.05, 3.63) is 46.4 Å². The van der Waals surface area contributed by atoms with Gasteiger partial charge in [0.05, 0.1) is 0 Å². The van der Waals surface area contributed by atoms with E-state index in [-0.39, 0.29) is 0 Å². The summed E-state index contributed by atoms with van der Waals surface area (Å²) < 4.78 is 0. The van der Waals surface area contributed by atoms with Crippen LogP contribution < -0.4 is 0 Å². The lowest BCUT2D eigenvalue weighted by molar-refractivity contribution is 1.09. The van der Waals surface area contributed by atoms with Crippen LogP contribution in [0.3, 0.4) is 0 Å². The molecule has 0 spiro atoms. The molecule has 2 rings (SSSR count). The van der Waals surface area contributed by atoms with Crippen molar-refractivity contribution in [1.29, 1.82) is 0 Å². The number of H-pyrrole nitrogens is 1. The molecule has 0 atom stereocenters. The van der Waals surface area contributed by atoms with Crippen LogP contribution in [0.5, 0.6) is 0 Å². The van der Waals surface area contributed by atoms with Crippen LogP contribution in [0.1, 0.15) is 16.7 Å². The van der Waals surface area contributed by atoms with Gasteiger partial charge in [0.25, 0.3) is 0 Å². The van der Waals surface area contributed by atoms with Gasteiger partial charge in [0.1, 0.15) is 0 Å². The van der Waals surface area contributed by atoms with Crippen molar-refractivity contribution < 1.29 is 0 Å². The fraction of sp³-hybridized carbons (Fsp3) is 0.308. The number of nitrogens with zero attached hydrogens (tertiary/aromatic N) is 1. The summed E-state index contributed by atoms with van der Waals surface area (Å²) in [6, 6.07) is 4.24. The first-order valence-corrected chi connectivity index (χ1v) is 5.13. The van der Waals surface area contributed by atoms with Crippen molar-refractivity contribution in [2.24, 2.45) is 0 Å². The number of hydrogen-bond donors (Lipinski definition) is 1. The monoisotopic (exact) mass is 198 g/mol. The predicted octanol–water partition coefficient (Wildman–Crippen LogP) is 3.25. The van der Waals surface area contributed by atoms with Crippen LogP contribution in [0.2, 0.25) is 0 Å². The third-order valence-electron chi connectivity index (χ3n) is 2.95. The Bertz CT molecular complexity index is 529. The molecule has 2 heteroatoms. The maximum atomic E-state index is 6.82. The zero-order valence-electron chi connectivity index (χ0n) is 9.09. The molecular formula is C13H14N2. The molecule has 1 aromatic carbocycles. The maximum Gasteiger partial charge on any atom is 0.218 e. The van der Waals surface area contributed by atoms with E-state index in [2.05, 4.69) is 35.8 Å². The Morgan fingerprint density at radius 3 is 2.87 bits per heavy atom. The van der Waals surface area contributed by atoms with Crippen LogP contribution >= 0.6 is 0 Å². The SMILES string of the molecule is [C-]#[N+]CCc1c[nH]c2ccc(C)c(C)c12. The summed E-state index contributed by atoms with van der Waals surface area (Å²) in [5.41, 5.74) is 5.08. The van der Waals surface area contributed by atoms with E-state index in [1.54, 1.807) is 0 Å². The highest BCUT2D eigenvalue weighted by Crippen LogP contribution is 2.25. The number of fused-ring (bicyclic) bond motifs is 1. The van der Waals surface area contributed by atoms with Crippen molar-refractivity contribution >= 4 is 10.9 Å². The molecule has 1 aromatic heterocycles. The highest BCUT2D eigenvalue weighted by Gasteiger charge is 2.08. The smallest absolute Gasteiger partial charge is 0.218 e. The van der Waals surface area contributed by atoms with Gasteiger partial charge in [-0.1, -0.05) is 6.07 Å². The molecule has 2 aromatic rings. The molecule has 0 fully saturated rings. The zero-order valence-corrected chi connectivity index (χ0v) is 9.09. The van der Waals surface area contributed by atoms with Crippen LogP contribution in [0.25, 0.3) is 15.7 Å². The van der Waals surface area contributed by atoms with Crippen LogP contribution in [-0.4, -0.2) is 11.5 Å². The second-order valence-corrected chi connectivity index (χ2v) is 3.88. The summed E-state index contributed by atoms with van der Waals surface area (Å²) in [5.74, 6) is 0. The molecule has 76 valence electrons. The normalized spacial score (nSPS) is 10.5. The average molecular weight is 198 g/mol. The van der Waals surface area contributed by atoms with Crippen LogP contribution in [0, 0.1) is 20.4 Å². The Hall–Kier alpha value is -1.75.